The SMILES string of the molecule is Cc1ccccc1C(CN)C(O)c1cc2ccccc2o1. The van der Waals surface area contributed by atoms with Crippen LogP contribution in [0.5, 0.6) is 0 Å². The first-order valence-corrected chi connectivity index (χ1v) is 7.13. The number of aryl methyl sites for hydroxylation is 1. The molecule has 21 heavy (non-hydrogen) atoms. The van der Waals surface area contributed by atoms with Crippen LogP contribution in [0.4, 0.5) is 0 Å². The summed E-state index contributed by atoms with van der Waals surface area (Å²) in [7, 11) is 0. The van der Waals surface area contributed by atoms with Gasteiger partial charge in [-0.1, -0.05) is 42.5 Å². The Morgan fingerprint density at radius 1 is 1.10 bits per heavy atom. The topological polar surface area (TPSA) is 59.4 Å². The Bertz CT molecular complexity index is 715. The Morgan fingerprint density at radius 3 is 2.52 bits per heavy atom. The van der Waals surface area contributed by atoms with E-state index in [4.69, 9.17) is 10.2 Å². The number of para-hydroxylation sites is 1. The average molecular weight is 281 g/mol. The van der Waals surface area contributed by atoms with Crippen molar-refractivity contribution in [2.45, 2.75) is 18.9 Å². The highest BCUT2D eigenvalue weighted by atomic mass is 16.4. The molecule has 3 aromatic rings. The van der Waals surface area contributed by atoms with Crippen molar-refractivity contribution in [2.75, 3.05) is 6.54 Å². The molecule has 108 valence electrons. The summed E-state index contributed by atoms with van der Waals surface area (Å²) in [6.07, 6.45) is -0.747. The van der Waals surface area contributed by atoms with Gasteiger partial charge >= 0.3 is 0 Å². The van der Waals surface area contributed by atoms with Gasteiger partial charge in [0.05, 0.1) is 0 Å². The fourth-order valence-electron chi connectivity index (χ4n) is 2.78. The Hall–Kier alpha value is -2.10. The summed E-state index contributed by atoms with van der Waals surface area (Å²) in [5.41, 5.74) is 8.88. The number of hydrogen-bond donors (Lipinski definition) is 2. The molecule has 0 spiro atoms. The van der Waals surface area contributed by atoms with Crippen molar-refractivity contribution in [3.05, 3.63) is 71.5 Å². The van der Waals surface area contributed by atoms with Gasteiger partial charge < -0.3 is 15.3 Å². The summed E-state index contributed by atoms with van der Waals surface area (Å²) < 4.78 is 5.77. The maximum atomic E-state index is 10.7. The molecule has 3 nitrogen and oxygen atoms in total. The molecule has 1 heterocycles. The molecule has 2 aromatic carbocycles. The molecule has 0 aliphatic heterocycles. The van der Waals surface area contributed by atoms with Gasteiger partial charge in [-0.3, -0.25) is 0 Å². The zero-order valence-electron chi connectivity index (χ0n) is 12.0. The van der Waals surface area contributed by atoms with Crippen molar-refractivity contribution in [3.63, 3.8) is 0 Å². The number of fused-ring (bicyclic) bond motifs is 1. The predicted molar refractivity (Wildman–Crippen MR) is 84.1 cm³/mol. The van der Waals surface area contributed by atoms with E-state index in [-0.39, 0.29) is 5.92 Å². The van der Waals surface area contributed by atoms with Crippen LogP contribution in [0.2, 0.25) is 0 Å². The number of furan rings is 1. The molecule has 0 saturated carbocycles. The standard InChI is InChI=1S/C18H19NO2/c1-12-6-2-4-8-14(12)15(11-19)18(20)17-10-13-7-3-5-9-16(13)21-17/h2-10,15,18,20H,11,19H2,1H3. The zero-order valence-corrected chi connectivity index (χ0v) is 12.0. The lowest BCUT2D eigenvalue weighted by Gasteiger charge is -2.22. The molecule has 1 aromatic heterocycles. The van der Waals surface area contributed by atoms with Crippen molar-refractivity contribution in [1.29, 1.82) is 0 Å². The Labute approximate surface area is 124 Å². The van der Waals surface area contributed by atoms with Crippen LogP contribution in [0.3, 0.4) is 0 Å². The van der Waals surface area contributed by atoms with E-state index in [0.29, 0.717) is 12.3 Å². The van der Waals surface area contributed by atoms with Gasteiger partial charge in [0.15, 0.2) is 0 Å². The van der Waals surface area contributed by atoms with Crippen LogP contribution < -0.4 is 5.73 Å². The highest BCUT2D eigenvalue weighted by Gasteiger charge is 2.25. The number of nitrogens with two attached hydrogens (primary N) is 1. The molecule has 0 fully saturated rings. The largest absolute Gasteiger partial charge is 0.458 e. The van der Waals surface area contributed by atoms with E-state index in [9.17, 15) is 5.11 Å². The minimum Gasteiger partial charge on any atom is -0.458 e. The summed E-state index contributed by atoms with van der Waals surface area (Å²) >= 11 is 0. The molecule has 3 heteroatoms. The third-order valence-electron chi connectivity index (χ3n) is 3.96. The molecule has 0 saturated heterocycles. The van der Waals surface area contributed by atoms with E-state index in [1.54, 1.807) is 0 Å². The Balaban J connectivity index is 1.98. The summed E-state index contributed by atoms with van der Waals surface area (Å²) in [4.78, 5) is 0. The number of aliphatic hydroxyl groups is 1. The first-order valence-electron chi connectivity index (χ1n) is 7.13. The quantitative estimate of drug-likeness (QED) is 0.769. The van der Waals surface area contributed by atoms with Crippen molar-refractivity contribution in [3.8, 4) is 0 Å². The second-order valence-corrected chi connectivity index (χ2v) is 5.33. The normalized spacial score (nSPS) is 14.2. The minimum absolute atomic E-state index is 0.174. The van der Waals surface area contributed by atoms with Crippen LogP contribution in [0.25, 0.3) is 11.0 Å². The van der Waals surface area contributed by atoms with Crippen LogP contribution in [-0.4, -0.2) is 11.7 Å². The van der Waals surface area contributed by atoms with Crippen LogP contribution >= 0.6 is 0 Å². The van der Waals surface area contributed by atoms with E-state index >= 15 is 0 Å². The monoisotopic (exact) mass is 281 g/mol. The molecule has 2 unspecified atom stereocenters. The second kappa shape index (κ2) is 5.72. The maximum absolute atomic E-state index is 10.7. The molecule has 0 radical (unpaired) electrons. The Morgan fingerprint density at radius 2 is 1.81 bits per heavy atom. The lowest BCUT2D eigenvalue weighted by molar-refractivity contribution is 0.124. The number of rotatable bonds is 4. The molecular weight excluding hydrogens is 262 g/mol. The van der Waals surface area contributed by atoms with E-state index in [2.05, 4.69) is 0 Å². The lowest BCUT2D eigenvalue weighted by atomic mass is 9.89. The number of hydrogen-bond acceptors (Lipinski definition) is 3. The molecular formula is C18H19NO2. The van der Waals surface area contributed by atoms with Gasteiger partial charge in [-0.25, -0.2) is 0 Å². The number of aliphatic hydroxyl groups excluding tert-OH is 1. The van der Waals surface area contributed by atoms with E-state index in [1.165, 1.54) is 0 Å². The highest BCUT2D eigenvalue weighted by Crippen LogP contribution is 2.34. The Kier molecular flexibility index (Phi) is 3.78. The first kappa shape index (κ1) is 13.9. The molecule has 2 atom stereocenters. The van der Waals surface area contributed by atoms with Crippen LogP contribution in [0, 0.1) is 6.92 Å². The number of benzene rings is 2. The first-order chi connectivity index (χ1) is 10.2. The van der Waals surface area contributed by atoms with Crippen LogP contribution in [0.1, 0.15) is 28.9 Å². The summed E-state index contributed by atoms with van der Waals surface area (Å²) in [6, 6.07) is 17.6. The fourth-order valence-corrected chi connectivity index (χ4v) is 2.78. The molecule has 0 bridgehead atoms. The van der Waals surface area contributed by atoms with Crippen LogP contribution in [0.15, 0.2) is 59.0 Å². The molecule has 0 aliphatic rings. The molecule has 0 amide bonds. The van der Waals surface area contributed by atoms with Gasteiger partial charge in [0.25, 0.3) is 0 Å². The molecule has 0 aliphatic carbocycles. The van der Waals surface area contributed by atoms with E-state index in [1.807, 2.05) is 61.5 Å². The van der Waals surface area contributed by atoms with Crippen molar-refractivity contribution in [2.24, 2.45) is 5.73 Å². The van der Waals surface area contributed by atoms with Crippen LogP contribution in [-0.2, 0) is 0 Å². The van der Waals surface area contributed by atoms with Gasteiger partial charge in [0.1, 0.15) is 17.4 Å². The second-order valence-electron chi connectivity index (χ2n) is 5.33. The van der Waals surface area contributed by atoms with Gasteiger partial charge in [-0.15, -0.1) is 0 Å². The van der Waals surface area contributed by atoms with Gasteiger partial charge in [-0.05, 0) is 30.2 Å². The van der Waals surface area contributed by atoms with E-state index in [0.717, 1.165) is 22.1 Å². The van der Waals surface area contributed by atoms with Crippen molar-refractivity contribution in [1.82, 2.24) is 0 Å². The summed E-state index contributed by atoms with van der Waals surface area (Å²) in [6.45, 7) is 2.40. The third kappa shape index (κ3) is 2.58. The molecule has 3 N–H and O–H groups in total. The fraction of sp³-hybridized carbons (Fsp3) is 0.222. The molecule has 3 rings (SSSR count). The van der Waals surface area contributed by atoms with Gasteiger partial charge in [-0.2, -0.15) is 0 Å². The highest BCUT2D eigenvalue weighted by molar-refractivity contribution is 5.77. The minimum atomic E-state index is -0.747. The zero-order chi connectivity index (χ0) is 14.8. The smallest absolute Gasteiger partial charge is 0.134 e. The average Bonchev–Trinajstić information content (AvgIpc) is 2.93. The van der Waals surface area contributed by atoms with Crippen molar-refractivity contribution >= 4 is 11.0 Å². The predicted octanol–water partition coefficient (Wildman–Crippen LogP) is 3.52. The van der Waals surface area contributed by atoms with Gasteiger partial charge in [0.2, 0.25) is 0 Å². The van der Waals surface area contributed by atoms with E-state index < -0.39 is 6.10 Å². The third-order valence-corrected chi connectivity index (χ3v) is 3.96. The van der Waals surface area contributed by atoms with Gasteiger partial charge in [0, 0.05) is 17.8 Å². The summed E-state index contributed by atoms with van der Waals surface area (Å²) in [5.74, 6) is 0.390. The van der Waals surface area contributed by atoms with Crippen molar-refractivity contribution < 1.29 is 9.52 Å². The lowest BCUT2D eigenvalue weighted by Crippen LogP contribution is -2.20. The summed E-state index contributed by atoms with van der Waals surface area (Å²) in [5, 5.41) is 11.7. The maximum Gasteiger partial charge on any atom is 0.134 e.